The summed E-state index contributed by atoms with van der Waals surface area (Å²) in [6, 6.07) is 4.92. The summed E-state index contributed by atoms with van der Waals surface area (Å²) in [6.07, 6.45) is 2.58. The Labute approximate surface area is 118 Å². The molecular formula is C14H21N3O3. The van der Waals surface area contributed by atoms with Crippen molar-refractivity contribution >= 4 is 11.4 Å². The van der Waals surface area contributed by atoms with Crippen molar-refractivity contribution in [1.29, 1.82) is 0 Å². The van der Waals surface area contributed by atoms with Crippen molar-refractivity contribution < 1.29 is 9.66 Å². The Morgan fingerprint density at radius 3 is 2.90 bits per heavy atom. The van der Waals surface area contributed by atoms with Crippen LogP contribution in [0.2, 0.25) is 0 Å². The van der Waals surface area contributed by atoms with Crippen molar-refractivity contribution in [3.8, 4) is 0 Å². The molecule has 0 radical (unpaired) electrons. The molecule has 0 atom stereocenters. The number of nitrogen functional groups attached to an aromatic ring is 1. The van der Waals surface area contributed by atoms with Gasteiger partial charge in [0.1, 0.15) is 5.69 Å². The summed E-state index contributed by atoms with van der Waals surface area (Å²) in [5, 5.41) is 10.8. The number of hydrogen-bond donors (Lipinski definition) is 1. The SMILES string of the molecule is CN(CCOCC1CC1)Cc1cccc([N+](=O)[O-])c1N. The van der Waals surface area contributed by atoms with Crippen LogP contribution in [0.15, 0.2) is 18.2 Å². The van der Waals surface area contributed by atoms with Crippen LogP contribution in [0.25, 0.3) is 0 Å². The number of likely N-dealkylation sites (N-methyl/N-ethyl adjacent to an activating group) is 1. The van der Waals surface area contributed by atoms with Crippen molar-refractivity contribution in [3.05, 3.63) is 33.9 Å². The molecule has 1 aliphatic carbocycles. The Kier molecular flexibility index (Phi) is 4.92. The molecule has 0 amide bonds. The van der Waals surface area contributed by atoms with Gasteiger partial charge in [0.25, 0.3) is 5.69 Å². The Bertz CT molecular complexity index is 475. The molecule has 2 N–H and O–H groups in total. The monoisotopic (exact) mass is 279 g/mol. The maximum Gasteiger partial charge on any atom is 0.292 e. The van der Waals surface area contributed by atoms with Crippen LogP contribution in [0.3, 0.4) is 0 Å². The molecular weight excluding hydrogens is 258 g/mol. The number of nitro benzene ring substituents is 1. The lowest BCUT2D eigenvalue weighted by Gasteiger charge is -2.17. The van der Waals surface area contributed by atoms with Crippen molar-refractivity contribution in [2.45, 2.75) is 19.4 Å². The normalized spacial score (nSPS) is 14.7. The number of nitro groups is 1. The molecule has 0 aromatic heterocycles. The fourth-order valence-corrected chi connectivity index (χ4v) is 2.02. The molecule has 1 saturated carbocycles. The van der Waals surface area contributed by atoms with Gasteiger partial charge in [-0.05, 0) is 31.4 Å². The Balaban J connectivity index is 1.81. The average molecular weight is 279 g/mol. The van der Waals surface area contributed by atoms with Gasteiger partial charge in [0.15, 0.2) is 0 Å². The fourth-order valence-electron chi connectivity index (χ4n) is 2.02. The summed E-state index contributed by atoms with van der Waals surface area (Å²) < 4.78 is 5.58. The lowest BCUT2D eigenvalue weighted by molar-refractivity contribution is -0.384. The first-order valence-electron chi connectivity index (χ1n) is 6.86. The molecule has 1 aliphatic rings. The van der Waals surface area contributed by atoms with E-state index < -0.39 is 4.92 Å². The molecule has 1 aromatic carbocycles. The molecule has 0 heterocycles. The zero-order valence-electron chi connectivity index (χ0n) is 11.7. The van der Waals surface area contributed by atoms with Gasteiger partial charge in [0, 0.05) is 25.8 Å². The molecule has 0 saturated heterocycles. The number of rotatable bonds is 8. The lowest BCUT2D eigenvalue weighted by Crippen LogP contribution is -2.23. The zero-order valence-corrected chi connectivity index (χ0v) is 11.7. The number of para-hydroxylation sites is 1. The average Bonchev–Trinajstić information content (AvgIpc) is 3.21. The highest BCUT2D eigenvalue weighted by Gasteiger charge is 2.21. The van der Waals surface area contributed by atoms with Gasteiger partial charge in [-0.25, -0.2) is 0 Å². The van der Waals surface area contributed by atoms with Gasteiger partial charge >= 0.3 is 0 Å². The van der Waals surface area contributed by atoms with Gasteiger partial charge in [0.2, 0.25) is 0 Å². The van der Waals surface area contributed by atoms with E-state index in [1.807, 2.05) is 13.1 Å². The van der Waals surface area contributed by atoms with Gasteiger partial charge in [-0.3, -0.25) is 15.0 Å². The van der Waals surface area contributed by atoms with E-state index in [0.29, 0.717) is 13.2 Å². The van der Waals surface area contributed by atoms with Gasteiger partial charge in [-0.1, -0.05) is 12.1 Å². The van der Waals surface area contributed by atoms with E-state index >= 15 is 0 Å². The quantitative estimate of drug-likeness (QED) is 0.341. The summed E-state index contributed by atoms with van der Waals surface area (Å²) >= 11 is 0. The maximum absolute atomic E-state index is 10.8. The third-order valence-electron chi connectivity index (χ3n) is 3.48. The molecule has 2 rings (SSSR count). The van der Waals surface area contributed by atoms with Crippen LogP contribution in [-0.4, -0.2) is 36.6 Å². The third-order valence-corrected chi connectivity index (χ3v) is 3.48. The maximum atomic E-state index is 10.8. The smallest absolute Gasteiger partial charge is 0.292 e. The second-order valence-electron chi connectivity index (χ2n) is 5.36. The zero-order chi connectivity index (χ0) is 14.5. The van der Waals surface area contributed by atoms with Gasteiger partial charge < -0.3 is 10.5 Å². The fraction of sp³-hybridized carbons (Fsp3) is 0.571. The molecule has 0 unspecified atom stereocenters. The number of anilines is 1. The minimum Gasteiger partial charge on any atom is -0.393 e. The molecule has 0 spiro atoms. The number of nitrogens with zero attached hydrogens (tertiary/aromatic N) is 2. The van der Waals surface area contributed by atoms with E-state index in [2.05, 4.69) is 4.90 Å². The largest absolute Gasteiger partial charge is 0.393 e. The van der Waals surface area contributed by atoms with E-state index in [9.17, 15) is 10.1 Å². The van der Waals surface area contributed by atoms with Crippen LogP contribution >= 0.6 is 0 Å². The van der Waals surface area contributed by atoms with E-state index in [1.54, 1.807) is 6.07 Å². The predicted octanol–water partition coefficient (Wildman–Crippen LogP) is 2.04. The van der Waals surface area contributed by atoms with Gasteiger partial charge in [-0.15, -0.1) is 0 Å². The van der Waals surface area contributed by atoms with Crippen LogP contribution in [0.1, 0.15) is 18.4 Å². The molecule has 110 valence electrons. The molecule has 1 fully saturated rings. The van der Waals surface area contributed by atoms with Crippen LogP contribution < -0.4 is 5.73 Å². The van der Waals surface area contributed by atoms with E-state index in [0.717, 1.165) is 24.6 Å². The summed E-state index contributed by atoms with van der Waals surface area (Å²) in [4.78, 5) is 12.4. The molecule has 1 aromatic rings. The molecule has 6 nitrogen and oxygen atoms in total. The molecule has 6 heteroatoms. The van der Waals surface area contributed by atoms with E-state index in [4.69, 9.17) is 10.5 Å². The summed E-state index contributed by atoms with van der Waals surface area (Å²) in [5.74, 6) is 0.771. The highest BCUT2D eigenvalue weighted by atomic mass is 16.6. The lowest BCUT2D eigenvalue weighted by atomic mass is 10.1. The minimum atomic E-state index is -0.447. The first-order chi connectivity index (χ1) is 9.58. The minimum absolute atomic E-state index is 0.0270. The number of ether oxygens (including phenoxy) is 1. The van der Waals surface area contributed by atoms with Crippen LogP contribution in [0.4, 0.5) is 11.4 Å². The second kappa shape index (κ2) is 6.67. The van der Waals surface area contributed by atoms with Crippen LogP contribution in [-0.2, 0) is 11.3 Å². The number of benzene rings is 1. The second-order valence-corrected chi connectivity index (χ2v) is 5.36. The van der Waals surface area contributed by atoms with Crippen LogP contribution in [0, 0.1) is 16.0 Å². The highest BCUT2D eigenvalue weighted by molar-refractivity contribution is 5.62. The molecule has 20 heavy (non-hydrogen) atoms. The van der Waals surface area contributed by atoms with Gasteiger partial charge in [0.05, 0.1) is 11.5 Å². The standard InChI is InChI=1S/C14H21N3O3/c1-16(7-8-20-10-11-5-6-11)9-12-3-2-4-13(14(12)15)17(18)19/h2-4,11H,5-10,15H2,1H3. The van der Waals surface area contributed by atoms with Gasteiger partial charge in [-0.2, -0.15) is 0 Å². The topological polar surface area (TPSA) is 81.6 Å². The Morgan fingerprint density at radius 2 is 2.25 bits per heavy atom. The van der Waals surface area contributed by atoms with E-state index in [-0.39, 0.29) is 11.4 Å². The molecule has 0 bridgehead atoms. The van der Waals surface area contributed by atoms with E-state index in [1.165, 1.54) is 18.9 Å². The third kappa shape index (κ3) is 4.18. The van der Waals surface area contributed by atoms with Crippen LogP contribution in [0.5, 0.6) is 0 Å². The number of hydrogen-bond acceptors (Lipinski definition) is 5. The van der Waals surface area contributed by atoms with Crippen molar-refractivity contribution in [2.75, 3.05) is 32.5 Å². The van der Waals surface area contributed by atoms with Crippen molar-refractivity contribution in [2.24, 2.45) is 5.92 Å². The predicted molar refractivity (Wildman–Crippen MR) is 77.4 cm³/mol. The summed E-state index contributed by atoms with van der Waals surface area (Å²) in [5.41, 5.74) is 6.84. The number of nitrogens with two attached hydrogens (primary N) is 1. The summed E-state index contributed by atoms with van der Waals surface area (Å²) in [7, 11) is 1.96. The highest BCUT2D eigenvalue weighted by Crippen LogP contribution is 2.28. The van der Waals surface area contributed by atoms with Crippen molar-refractivity contribution in [1.82, 2.24) is 4.90 Å². The summed E-state index contributed by atoms with van der Waals surface area (Å²) in [6.45, 7) is 2.91. The Hall–Kier alpha value is -1.66. The van der Waals surface area contributed by atoms with Crippen molar-refractivity contribution in [3.63, 3.8) is 0 Å². The Morgan fingerprint density at radius 1 is 1.50 bits per heavy atom. The molecule has 0 aliphatic heterocycles. The first-order valence-corrected chi connectivity index (χ1v) is 6.86. The first kappa shape index (κ1) is 14.7.